The van der Waals surface area contributed by atoms with Crippen LogP contribution in [0.2, 0.25) is 6.04 Å². The molecule has 1 heterocycles. The van der Waals surface area contributed by atoms with Gasteiger partial charge in [-0.05, 0) is 125 Å². The SMILES string of the molecule is CC(C)(C)OC1(OC(C)(C)C)CC[Si](OC(C)(C)C)(OC(C)(C)C)OC1(OC(C)(C)C)OC(C)(C)C. The Morgan fingerprint density at radius 2 is 0.778 bits per heavy atom. The zero-order chi connectivity index (χ0) is 28.9. The Labute approximate surface area is 223 Å². The van der Waals surface area contributed by atoms with Gasteiger partial charge in [-0.15, -0.1) is 0 Å². The van der Waals surface area contributed by atoms with Crippen molar-refractivity contribution < 1.29 is 32.2 Å². The fraction of sp³-hybridized carbons (Fsp3) is 1.00. The smallest absolute Gasteiger partial charge is 0.368 e. The molecule has 0 radical (unpaired) electrons. The summed E-state index contributed by atoms with van der Waals surface area (Å²) in [6.07, 6.45) is 0.395. The highest BCUT2D eigenvalue weighted by Gasteiger charge is 2.72. The van der Waals surface area contributed by atoms with E-state index in [-0.39, 0.29) is 0 Å². The van der Waals surface area contributed by atoms with Crippen molar-refractivity contribution in [3.8, 4) is 0 Å². The molecular weight excluding hydrogens is 476 g/mol. The Morgan fingerprint density at radius 3 is 1.03 bits per heavy atom. The lowest BCUT2D eigenvalue weighted by Gasteiger charge is -2.60. The molecule has 0 spiro atoms. The van der Waals surface area contributed by atoms with Crippen molar-refractivity contribution in [1.82, 2.24) is 0 Å². The average molecular weight is 535 g/mol. The second kappa shape index (κ2) is 10.2. The molecule has 7 nitrogen and oxygen atoms in total. The standard InChI is InChI=1S/C28H58O7Si/c1-21(2,3)29-27(30-22(4,5)6)19-20-36(33-25(13,14)15,34-26(16,17)18)35-28(27,31-23(7,8)9)32-24(10,11)12/h19-20H2,1-18H3. The molecule has 216 valence electrons. The summed E-state index contributed by atoms with van der Waals surface area (Å²) in [7, 11) is -3.44. The average Bonchev–Trinajstić information content (AvgIpc) is 2.40. The van der Waals surface area contributed by atoms with Crippen molar-refractivity contribution in [3.63, 3.8) is 0 Å². The molecule has 0 amide bonds. The van der Waals surface area contributed by atoms with Crippen LogP contribution in [0.1, 0.15) is 131 Å². The van der Waals surface area contributed by atoms with E-state index in [9.17, 15) is 0 Å². The third-order valence-electron chi connectivity index (χ3n) is 4.26. The van der Waals surface area contributed by atoms with E-state index in [4.69, 9.17) is 32.2 Å². The minimum atomic E-state index is -3.44. The minimum absolute atomic E-state index is 0.395. The Kier molecular flexibility index (Phi) is 9.58. The molecule has 1 aliphatic rings. The van der Waals surface area contributed by atoms with E-state index in [1.807, 2.05) is 125 Å². The van der Waals surface area contributed by atoms with E-state index in [2.05, 4.69) is 0 Å². The maximum atomic E-state index is 7.07. The van der Waals surface area contributed by atoms with Gasteiger partial charge in [-0.1, -0.05) is 0 Å². The van der Waals surface area contributed by atoms with Crippen LogP contribution in [0.3, 0.4) is 0 Å². The fourth-order valence-corrected chi connectivity index (χ4v) is 7.74. The normalized spacial score (nSPS) is 21.5. The summed E-state index contributed by atoms with van der Waals surface area (Å²) < 4.78 is 47.7. The molecule has 1 fully saturated rings. The lowest BCUT2D eigenvalue weighted by Crippen LogP contribution is -2.76. The molecule has 1 aliphatic heterocycles. The van der Waals surface area contributed by atoms with Crippen LogP contribution in [0.15, 0.2) is 0 Å². The van der Waals surface area contributed by atoms with E-state index in [0.717, 1.165) is 0 Å². The van der Waals surface area contributed by atoms with Crippen LogP contribution in [0, 0.1) is 0 Å². The van der Waals surface area contributed by atoms with Crippen molar-refractivity contribution in [1.29, 1.82) is 0 Å². The molecule has 1 saturated heterocycles. The van der Waals surface area contributed by atoms with E-state index in [0.29, 0.717) is 12.5 Å². The van der Waals surface area contributed by atoms with Gasteiger partial charge >= 0.3 is 14.8 Å². The molecule has 0 aromatic carbocycles. The summed E-state index contributed by atoms with van der Waals surface area (Å²) >= 11 is 0. The molecule has 8 heteroatoms. The highest BCUT2D eigenvalue weighted by molar-refractivity contribution is 6.61. The van der Waals surface area contributed by atoms with Crippen molar-refractivity contribution in [2.45, 2.75) is 182 Å². The first-order valence-electron chi connectivity index (χ1n) is 13.3. The van der Waals surface area contributed by atoms with Crippen LogP contribution in [0.25, 0.3) is 0 Å². The number of rotatable bonds is 6. The summed E-state index contributed by atoms with van der Waals surface area (Å²) in [6, 6.07) is 0.469. The Bertz CT molecular complexity index is 674. The van der Waals surface area contributed by atoms with Gasteiger partial charge in [0, 0.05) is 12.5 Å². The summed E-state index contributed by atoms with van der Waals surface area (Å²) in [4.78, 5) is 0. The minimum Gasteiger partial charge on any atom is -0.368 e. The van der Waals surface area contributed by atoms with E-state index >= 15 is 0 Å². The van der Waals surface area contributed by atoms with E-state index in [1.54, 1.807) is 0 Å². The van der Waals surface area contributed by atoms with Crippen molar-refractivity contribution in [2.24, 2.45) is 0 Å². The van der Waals surface area contributed by atoms with Gasteiger partial charge in [0.25, 0.3) is 5.79 Å². The summed E-state index contributed by atoms with van der Waals surface area (Å²) in [6.45, 7) is 35.8. The van der Waals surface area contributed by atoms with Crippen molar-refractivity contribution in [2.75, 3.05) is 0 Å². The van der Waals surface area contributed by atoms with Gasteiger partial charge in [-0.3, -0.25) is 0 Å². The fourth-order valence-electron chi connectivity index (χ4n) is 4.16. The van der Waals surface area contributed by atoms with Crippen LogP contribution >= 0.6 is 0 Å². The zero-order valence-electron chi connectivity index (χ0n) is 26.8. The van der Waals surface area contributed by atoms with Gasteiger partial charge in [0.2, 0.25) is 0 Å². The third kappa shape index (κ3) is 11.0. The lowest BCUT2D eigenvalue weighted by molar-refractivity contribution is -0.536. The Balaban J connectivity index is 4.05. The highest BCUT2D eigenvalue weighted by atomic mass is 28.4. The third-order valence-corrected chi connectivity index (χ3v) is 7.55. The number of hydrogen-bond donors (Lipinski definition) is 0. The Morgan fingerprint density at radius 1 is 0.472 bits per heavy atom. The second-order valence-electron chi connectivity index (χ2n) is 15.9. The predicted octanol–water partition coefficient (Wildman–Crippen LogP) is 7.59. The van der Waals surface area contributed by atoms with Gasteiger partial charge in [0.15, 0.2) is 0 Å². The van der Waals surface area contributed by atoms with E-state index < -0.39 is 54.2 Å². The number of ether oxygens (including phenoxy) is 4. The lowest BCUT2D eigenvalue weighted by atomic mass is 10.0. The zero-order valence-corrected chi connectivity index (χ0v) is 27.8. The molecule has 1 rings (SSSR count). The largest absolute Gasteiger partial charge is 0.506 e. The molecule has 36 heavy (non-hydrogen) atoms. The highest BCUT2D eigenvalue weighted by Crippen LogP contribution is 2.53. The van der Waals surface area contributed by atoms with Crippen LogP contribution in [-0.4, -0.2) is 54.2 Å². The molecule has 0 aromatic rings. The first-order chi connectivity index (χ1) is 15.4. The predicted molar refractivity (Wildman–Crippen MR) is 147 cm³/mol. The molecule has 0 N–H and O–H groups in total. The molecule has 0 bridgehead atoms. The number of hydrogen-bond acceptors (Lipinski definition) is 7. The second-order valence-corrected chi connectivity index (χ2v) is 18.4. The first kappa shape index (κ1) is 34.0. The van der Waals surface area contributed by atoms with Gasteiger partial charge in [-0.25, -0.2) is 0 Å². The molecular formula is C28H58O7Si. The van der Waals surface area contributed by atoms with Crippen LogP contribution < -0.4 is 0 Å². The van der Waals surface area contributed by atoms with Crippen molar-refractivity contribution in [3.05, 3.63) is 0 Å². The van der Waals surface area contributed by atoms with Crippen LogP contribution in [0.5, 0.6) is 0 Å². The van der Waals surface area contributed by atoms with Crippen LogP contribution in [-0.2, 0) is 32.2 Å². The van der Waals surface area contributed by atoms with Gasteiger partial charge in [0.1, 0.15) is 0 Å². The Hall–Kier alpha value is -0.0631. The molecule has 0 unspecified atom stereocenters. The summed E-state index contributed by atoms with van der Waals surface area (Å²) in [5.74, 6) is -3.20. The topological polar surface area (TPSA) is 64.6 Å². The monoisotopic (exact) mass is 534 g/mol. The van der Waals surface area contributed by atoms with Crippen LogP contribution in [0.4, 0.5) is 0 Å². The molecule has 0 saturated carbocycles. The first-order valence-corrected chi connectivity index (χ1v) is 15.2. The maximum absolute atomic E-state index is 7.07. The maximum Gasteiger partial charge on any atom is 0.506 e. The van der Waals surface area contributed by atoms with Gasteiger partial charge in [-0.2, -0.15) is 0 Å². The molecule has 0 aromatic heterocycles. The summed E-state index contributed by atoms with van der Waals surface area (Å²) in [5, 5.41) is 0. The summed E-state index contributed by atoms with van der Waals surface area (Å²) in [5.41, 5.74) is -3.61. The molecule has 0 atom stereocenters. The van der Waals surface area contributed by atoms with Gasteiger partial charge in [0.05, 0.1) is 33.6 Å². The van der Waals surface area contributed by atoms with Gasteiger partial charge < -0.3 is 32.2 Å². The molecule has 0 aliphatic carbocycles. The van der Waals surface area contributed by atoms with Crippen molar-refractivity contribution >= 4 is 8.80 Å². The van der Waals surface area contributed by atoms with E-state index in [1.165, 1.54) is 0 Å². The quantitative estimate of drug-likeness (QED) is 0.257.